The van der Waals surface area contributed by atoms with Gasteiger partial charge in [0.1, 0.15) is 0 Å². The van der Waals surface area contributed by atoms with Gasteiger partial charge in [0.05, 0.1) is 16.9 Å². The molecule has 0 unspecified atom stereocenters. The Bertz CT molecular complexity index is 698. The van der Waals surface area contributed by atoms with Crippen LogP contribution in [-0.4, -0.2) is 26.1 Å². The molecule has 0 aliphatic heterocycles. The summed E-state index contributed by atoms with van der Waals surface area (Å²) in [6.45, 7) is 5.33. The zero-order valence-corrected chi connectivity index (χ0v) is 12.1. The van der Waals surface area contributed by atoms with Crippen LogP contribution in [-0.2, 0) is 11.6 Å². The van der Waals surface area contributed by atoms with Gasteiger partial charge in [-0.2, -0.15) is 13.2 Å². The van der Waals surface area contributed by atoms with Gasteiger partial charge in [-0.25, -0.2) is 9.48 Å². The number of aromatic carboxylic acids is 1. The zero-order valence-electron chi connectivity index (χ0n) is 12.1. The molecule has 1 aromatic heterocycles. The average Bonchev–Trinajstić information content (AvgIpc) is 2.82. The molecule has 0 spiro atoms. The molecule has 0 saturated heterocycles. The summed E-state index contributed by atoms with van der Waals surface area (Å²) in [6.07, 6.45) is -4.43. The van der Waals surface area contributed by atoms with E-state index >= 15 is 0 Å². The maximum Gasteiger partial charge on any atom is 0.416 e. The maximum absolute atomic E-state index is 12.6. The molecule has 8 heteroatoms. The summed E-state index contributed by atoms with van der Waals surface area (Å²) in [5.41, 5.74) is -0.961. The quantitative estimate of drug-likeness (QED) is 0.924. The number of carbonyl (C=O) groups is 1. The number of alkyl halides is 3. The van der Waals surface area contributed by atoms with Crippen molar-refractivity contribution in [2.75, 3.05) is 0 Å². The molecule has 0 radical (unpaired) electrons. The van der Waals surface area contributed by atoms with Gasteiger partial charge >= 0.3 is 12.1 Å². The van der Waals surface area contributed by atoms with Crippen LogP contribution in [0.1, 0.15) is 42.5 Å². The van der Waals surface area contributed by atoms with E-state index in [9.17, 15) is 23.1 Å². The highest BCUT2D eigenvalue weighted by Gasteiger charge is 2.32. The van der Waals surface area contributed by atoms with Crippen LogP contribution in [0.2, 0.25) is 0 Å². The fourth-order valence-electron chi connectivity index (χ4n) is 2.07. The fraction of sp³-hybridized carbons (Fsp3) is 0.357. The molecule has 0 amide bonds. The molecule has 0 atom stereocenters. The van der Waals surface area contributed by atoms with E-state index in [4.69, 9.17) is 0 Å². The molecule has 0 bridgehead atoms. The number of carboxylic acid groups (broad SMARTS) is 1. The summed E-state index contributed by atoms with van der Waals surface area (Å²) >= 11 is 0. The Morgan fingerprint density at radius 1 is 1.14 bits per heavy atom. The number of rotatable bonds is 2. The molecule has 0 fully saturated rings. The Morgan fingerprint density at radius 2 is 1.68 bits per heavy atom. The van der Waals surface area contributed by atoms with Gasteiger partial charge in [0.25, 0.3) is 0 Å². The molecule has 2 rings (SSSR count). The molecular formula is C14H14F3N3O2. The van der Waals surface area contributed by atoms with Gasteiger partial charge in [0, 0.05) is 5.41 Å². The van der Waals surface area contributed by atoms with Crippen molar-refractivity contribution in [1.29, 1.82) is 0 Å². The van der Waals surface area contributed by atoms with E-state index in [1.165, 1.54) is 16.8 Å². The molecule has 118 valence electrons. The number of halogens is 3. The zero-order chi connectivity index (χ0) is 16.7. The Labute approximate surface area is 124 Å². The van der Waals surface area contributed by atoms with Crippen LogP contribution in [0.3, 0.4) is 0 Å². The Morgan fingerprint density at radius 3 is 2.09 bits per heavy atom. The van der Waals surface area contributed by atoms with Crippen LogP contribution in [0.4, 0.5) is 13.2 Å². The third kappa shape index (κ3) is 2.95. The van der Waals surface area contributed by atoms with Crippen LogP contribution >= 0.6 is 0 Å². The lowest BCUT2D eigenvalue weighted by atomic mass is 9.90. The third-order valence-electron chi connectivity index (χ3n) is 3.02. The van der Waals surface area contributed by atoms with Crippen LogP contribution in [0.5, 0.6) is 0 Å². The van der Waals surface area contributed by atoms with Crippen molar-refractivity contribution < 1.29 is 23.1 Å². The van der Waals surface area contributed by atoms with Gasteiger partial charge in [-0.15, -0.1) is 5.10 Å². The van der Waals surface area contributed by atoms with E-state index in [1.54, 1.807) is 20.8 Å². The average molecular weight is 313 g/mol. The molecule has 1 aromatic carbocycles. The van der Waals surface area contributed by atoms with Crippen molar-refractivity contribution in [1.82, 2.24) is 15.0 Å². The minimum absolute atomic E-state index is 0.215. The molecular weight excluding hydrogens is 299 g/mol. The number of carboxylic acids is 1. The van der Waals surface area contributed by atoms with E-state index in [0.29, 0.717) is 11.4 Å². The smallest absolute Gasteiger partial charge is 0.416 e. The second-order valence-corrected chi connectivity index (χ2v) is 5.80. The second-order valence-electron chi connectivity index (χ2n) is 5.80. The van der Waals surface area contributed by atoms with Gasteiger partial charge in [-0.3, -0.25) is 0 Å². The first-order valence-corrected chi connectivity index (χ1v) is 6.39. The van der Waals surface area contributed by atoms with Crippen molar-refractivity contribution in [3.05, 3.63) is 41.2 Å². The lowest BCUT2D eigenvalue weighted by Crippen LogP contribution is -2.21. The van der Waals surface area contributed by atoms with Gasteiger partial charge < -0.3 is 5.11 Å². The third-order valence-corrected chi connectivity index (χ3v) is 3.02. The first-order valence-electron chi connectivity index (χ1n) is 6.39. The van der Waals surface area contributed by atoms with Crippen molar-refractivity contribution in [2.45, 2.75) is 32.4 Å². The summed E-state index contributed by atoms with van der Waals surface area (Å²) in [6, 6.07) is 4.31. The molecule has 0 aliphatic rings. The molecule has 1 heterocycles. The molecule has 1 N–H and O–H groups in total. The summed E-state index contributed by atoms with van der Waals surface area (Å²) in [7, 11) is 0. The first-order chi connectivity index (χ1) is 10.0. The van der Waals surface area contributed by atoms with Gasteiger partial charge in [0.15, 0.2) is 5.69 Å². The van der Waals surface area contributed by atoms with E-state index in [0.717, 1.165) is 12.1 Å². The second kappa shape index (κ2) is 5.11. The largest absolute Gasteiger partial charge is 0.476 e. The van der Waals surface area contributed by atoms with Gasteiger partial charge in [0.2, 0.25) is 0 Å². The van der Waals surface area contributed by atoms with E-state index in [1.807, 2.05) is 0 Å². The minimum atomic E-state index is -4.43. The van der Waals surface area contributed by atoms with Crippen LogP contribution in [0.25, 0.3) is 5.69 Å². The Balaban J connectivity index is 2.56. The minimum Gasteiger partial charge on any atom is -0.476 e. The van der Waals surface area contributed by atoms with Crippen LogP contribution in [0.15, 0.2) is 24.3 Å². The Kier molecular flexibility index (Phi) is 3.72. The van der Waals surface area contributed by atoms with E-state index in [-0.39, 0.29) is 5.69 Å². The molecule has 0 saturated carbocycles. The summed E-state index contributed by atoms with van der Waals surface area (Å²) in [5, 5.41) is 16.6. The topological polar surface area (TPSA) is 68.0 Å². The van der Waals surface area contributed by atoms with E-state index < -0.39 is 23.1 Å². The molecule has 0 aliphatic carbocycles. The SMILES string of the molecule is CC(C)(C)c1c(C(=O)O)nnn1-c1ccc(C(F)(F)F)cc1. The number of nitrogens with zero attached hydrogens (tertiary/aromatic N) is 3. The predicted octanol–water partition coefficient (Wildman–Crippen LogP) is 3.28. The number of hydrogen-bond donors (Lipinski definition) is 1. The van der Waals surface area contributed by atoms with Crippen LogP contribution in [0, 0.1) is 0 Å². The maximum atomic E-state index is 12.6. The van der Waals surface area contributed by atoms with Crippen molar-refractivity contribution in [3.8, 4) is 5.69 Å². The lowest BCUT2D eigenvalue weighted by Gasteiger charge is -2.20. The van der Waals surface area contributed by atoms with E-state index in [2.05, 4.69) is 10.3 Å². The van der Waals surface area contributed by atoms with Crippen molar-refractivity contribution in [2.24, 2.45) is 0 Å². The normalized spacial score (nSPS) is 12.5. The fourth-order valence-corrected chi connectivity index (χ4v) is 2.07. The molecule has 5 nitrogen and oxygen atoms in total. The molecule has 2 aromatic rings. The van der Waals surface area contributed by atoms with Crippen molar-refractivity contribution >= 4 is 5.97 Å². The van der Waals surface area contributed by atoms with Gasteiger partial charge in [-0.05, 0) is 24.3 Å². The number of aromatic nitrogens is 3. The summed E-state index contributed by atoms with van der Waals surface area (Å²) < 4.78 is 39.0. The summed E-state index contributed by atoms with van der Waals surface area (Å²) in [5.74, 6) is -1.23. The van der Waals surface area contributed by atoms with Crippen LogP contribution < -0.4 is 0 Å². The monoisotopic (exact) mass is 313 g/mol. The highest BCUT2D eigenvalue weighted by atomic mass is 19.4. The number of hydrogen-bond acceptors (Lipinski definition) is 3. The first kappa shape index (κ1) is 16.0. The standard InChI is InChI=1S/C14H14F3N3O2/c1-13(2,3)11-10(12(21)22)18-19-20(11)9-6-4-8(5-7-9)14(15,16)17/h4-7H,1-3H3,(H,21,22). The lowest BCUT2D eigenvalue weighted by molar-refractivity contribution is -0.137. The highest BCUT2D eigenvalue weighted by Crippen LogP contribution is 2.31. The van der Waals surface area contributed by atoms with Crippen molar-refractivity contribution in [3.63, 3.8) is 0 Å². The predicted molar refractivity (Wildman–Crippen MR) is 72.0 cm³/mol. The number of benzene rings is 1. The highest BCUT2D eigenvalue weighted by molar-refractivity contribution is 5.87. The van der Waals surface area contributed by atoms with Gasteiger partial charge in [-0.1, -0.05) is 26.0 Å². The molecule has 22 heavy (non-hydrogen) atoms. The Hall–Kier alpha value is -2.38. The summed E-state index contributed by atoms with van der Waals surface area (Å²) in [4.78, 5) is 11.2.